The van der Waals surface area contributed by atoms with Crippen molar-refractivity contribution in [2.45, 2.75) is 57.7 Å². The number of halogens is 4. The summed E-state index contributed by atoms with van der Waals surface area (Å²) in [7, 11) is -2.71. The van der Waals surface area contributed by atoms with Gasteiger partial charge < -0.3 is 13.7 Å². The van der Waals surface area contributed by atoms with Crippen LogP contribution in [0.25, 0.3) is 0 Å². The van der Waals surface area contributed by atoms with Crippen LogP contribution in [0.5, 0.6) is 5.75 Å². The van der Waals surface area contributed by atoms with Gasteiger partial charge in [0.1, 0.15) is 11.8 Å². The van der Waals surface area contributed by atoms with Crippen molar-refractivity contribution >= 4 is 19.9 Å². The first-order valence-corrected chi connectivity index (χ1v) is 13.1. The zero-order chi connectivity index (χ0) is 24.2. The molecule has 2 heterocycles. The van der Waals surface area contributed by atoms with Crippen LogP contribution in [0.2, 0.25) is 23.3 Å². The maximum absolute atomic E-state index is 13.7. The molecular formula is C21H26ClF3N4O2Si. The number of pyridine rings is 2. The molecule has 0 spiro atoms. The van der Waals surface area contributed by atoms with E-state index >= 15 is 0 Å². The summed E-state index contributed by atoms with van der Waals surface area (Å²) >= 11 is 5.80. The standard InChI is InChI=1S/C21H26ClF3N4O2Si/c1-20(2,3)32(4,5)31-17(21(23,24)25)13-30-16-7-6-10-29(19(16)28-14-26)12-15-8-9-18(22)27-11-15/h6-11,17H,12-13H2,1-5H3. The molecule has 0 aliphatic rings. The topological polar surface area (TPSA) is 72.4 Å². The van der Waals surface area contributed by atoms with E-state index in [4.69, 9.17) is 26.0 Å². The molecule has 0 amide bonds. The smallest absolute Gasteiger partial charge is 0.416 e. The molecule has 6 nitrogen and oxygen atoms in total. The van der Waals surface area contributed by atoms with Gasteiger partial charge in [0.05, 0.1) is 6.54 Å². The van der Waals surface area contributed by atoms with Gasteiger partial charge in [-0.05, 0) is 41.9 Å². The van der Waals surface area contributed by atoms with Crippen molar-refractivity contribution in [2.75, 3.05) is 6.61 Å². The molecule has 0 saturated heterocycles. The van der Waals surface area contributed by atoms with Crippen LogP contribution < -0.4 is 10.2 Å². The minimum Gasteiger partial charge on any atom is -0.487 e. The lowest BCUT2D eigenvalue weighted by atomic mass is 10.2. The Labute approximate surface area is 191 Å². The van der Waals surface area contributed by atoms with E-state index in [1.807, 2.05) is 20.8 Å². The molecule has 0 aliphatic carbocycles. The summed E-state index contributed by atoms with van der Waals surface area (Å²) in [6.07, 6.45) is -1.83. The number of hydrogen-bond acceptors (Lipinski definition) is 5. The SMILES string of the molecule is CC(C)(C)[Si](C)(C)OC(COc1cccn(Cc2ccc(Cl)nc2)c1=NC#N)C(F)(F)F. The fourth-order valence-corrected chi connectivity index (χ4v) is 3.90. The van der Waals surface area contributed by atoms with Crippen molar-refractivity contribution in [1.29, 1.82) is 5.26 Å². The first-order chi connectivity index (χ1) is 14.7. The van der Waals surface area contributed by atoms with Crippen molar-refractivity contribution in [3.8, 4) is 11.9 Å². The molecule has 1 atom stereocenters. The van der Waals surface area contributed by atoms with E-state index in [1.165, 1.54) is 6.07 Å². The molecule has 1 unspecified atom stereocenters. The van der Waals surface area contributed by atoms with Crippen LogP contribution in [0.3, 0.4) is 0 Å². The van der Waals surface area contributed by atoms with E-state index < -0.39 is 32.2 Å². The predicted octanol–water partition coefficient (Wildman–Crippen LogP) is 5.30. The summed E-state index contributed by atoms with van der Waals surface area (Å²) in [6.45, 7) is 8.61. The maximum Gasteiger partial charge on any atom is 0.416 e. The van der Waals surface area contributed by atoms with Gasteiger partial charge in [-0.15, -0.1) is 0 Å². The van der Waals surface area contributed by atoms with Gasteiger partial charge in [-0.1, -0.05) is 38.4 Å². The second kappa shape index (κ2) is 10.1. The Bertz CT molecular complexity index is 1030. The molecule has 11 heteroatoms. The second-order valence-corrected chi connectivity index (χ2v) is 13.9. The highest BCUT2D eigenvalue weighted by atomic mass is 35.5. The summed E-state index contributed by atoms with van der Waals surface area (Å²) < 4.78 is 53.8. The van der Waals surface area contributed by atoms with Gasteiger partial charge in [-0.25, -0.2) is 4.98 Å². The molecule has 32 heavy (non-hydrogen) atoms. The highest BCUT2D eigenvalue weighted by Gasteiger charge is 2.48. The Balaban J connectivity index is 2.31. The van der Waals surface area contributed by atoms with Gasteiger partial charge in [0.15, 0.2) is 25.7 Å². The zero-order valence-corrected chi connectivity index (χ0v) is 20.3. The third kappa shape index (κ3) is 6.82. The number of alkyl halides is 3. The molecule has 0 radical (unpaired) electrons. The van der Waals surface area contributed by atoms with Gasteiger partial charge in [-0.3, -0.25) is 0 Å². The molecule has 0 N–H and O–H groups in total. The molecule has 0 fully saturated rings. The Morgan fingerprint density at radius 3 is 2.47 bits per heavy atom. The van der Waals surface area contributed by atoms with Crippen molar-refractivity contribution in [1.82, 2.24) is 9.55 Å². The van der Waals surface area contributed by atoms with Crippen molar-refractivity contribution in [3.05, 3.63) is 52.9 Å². The fourth-order valence-electron chi connectivity index (χ4n) is 2.52. The average molecular weight is 487 g/mol. The van der Waals surface area contributed by atoms with E-state index in [9.17, 15) is 13.2 Å². The summed E-state index contributed by atoms with van der Waals surface area (Å²) in [6, 6.07) is 6.43. The lowest BCUT2D eigenvalue weighted by Gasteiger charge is -2.39. The predicted molar refractivity (Wildman–Crippen MR) is 118 cm³/mol. The third-order valence-electron chi connectivity index (χ3n) is 5.30. The Hall–Kier alpha value is -2.35. The molecule has 0 saturated carbocycles. The van der Waals surface area contributed by atoms with Gasteiger partial charge in [0.2, 0.25) is 6.19 Å². The summed E-state index contributed by atoms with van der Waals surface area (Å²) in [5, 5.41) is 9.03. The molecule has 2 aromatic rings. The van der Waals surface area contributed by atoms with Crippen LogP contribution in [-0.4, -0.2) is 36.8 Å². The average Bonchev–Trinajstić information content (AvgIpc) is 2.67. The molecular weight excluding hydrogens is 461 g/mol. The van der Waals surface area contributed by atoms with Crippen molar-refractivity contribution in [2.24, 2.45) is 4.99 Å². The summed E-state index contributed by atoms with van der Waals surface area (Å²) in [5.74, 6) is 0.0454. The first kappa shape index (κ1) is 25.9. The lowest BCUT2D eigenvalue weighted by molar-refractivity contribution is -0.205. The van der Waals surface area contributed by atoms with Crippen LogP contribution in [0.4, 0.5) is 13.2 Å². The minimum absolute atomic E-state index is 0.0454. The molecule has 2 rings (SSSR count). The maximum atomic E-state index is 13.7. The molecule has 174 valence electrons. The molecule has 0 bridgehead atoms. The Kier molecular flexibility index (Phi) is 8.15. The normalized spacial score (nSPS) is 14.2. The number of ether oxygens (including phenoxy) is 1. The van der Waals surface area contributed by atoms with Crippen LogP contribution >= 0.6 is 11.6 Å². The molecule has 0 aliphatic heterocycles. The minimum atomic E-state index is -4.61. The number of nitriles is 1. The van der Waals surface area contributed by atoms with Crippen LogP contribution in [0, 0.1) is 11.5 Å². The Morgan fingerprint density at radius 2 is 1.94 bits per heavy atom. The summed E-state index contributed by atoms with van der Waals surface area (Å²) in [4.78, 5) is 7.76. The second-order valence-electron chi connectivity index (χ2n) is 8.74. The zero-order valence-electron chi connectivity index (χ0n) is 18.6. The van der Waals surface area contributed by atoms with Crippen LogP contribution in [0.1, 0.15) is 26.3 Å². The lowest BCUT2D eigenvalue weighted by Crippen LogP contribution is -2.50. The number of nitrogens with zero attached hydrogens (tertiary/aromatic N) is 4. The molecule has 2 aromatic heterocycles. The highest BCUT2D eigenvalue weighted by molar-refractivity contribution is 6.74. The van der Waals surface area contributed by atoms with Gasteiger partial charge in [0.25, 0.3) is 0 Å². The number of aromatic nitrogens is 2. The van der Waals surface area contributed by atoms with E-state index in [1.54, 1.807) is 54.4 Å². The molecule has 0 aromatic carbocycles. The van der Waals surface area contributed by atoms with E-state index in [2.05, 4.69) is 9.98 Å². The van der Waals surface area contributed by atoms with E-state index in [0.717, 1.165) is 5.56 Å². The van der Waals surface area contributed by atoms with Gasteiger partial charge >= 0.3 is 6.18 Å². The number of hydrogen-bond donors (Lipinski definition) is 0. The quantitative estimate of drug-likeness (QED) is 0.302. The van der Waals surface area contributed by atoms with Crippen molar-refractivity contribution in [3.63, 3.8) is 0 Å². The van der Waals surface area contributed by atoms with E-state index in [-0.39, 0.29) is 17.8 Å². The summed E-state index contributed by atoms with van der Waals surface area (Å²) in [5.41, 5.74) is 0.860. The highest BCUT2D eigenvalue weighted by Crippen LogP contribution is 2.39. The first-order valence-electron chi connectivity index (χ1n) is 9.84. The third-order valence-corrected chi connectivity index (χ3v) is 10.0. The van der Waals surface area contributed by atoms with Gasteiger partial charge in [0, 0.05) is 12.4 Å². The van der Waals surface area contributed by atoms with Crippen LogP contribution in [0.15, 0.2) is 41.7 Å². The Morgan fingerprint density at radius 1 is 1.25 bits per heavy atom. The monoisotopic (exact) mass is 486 g/mol. The largest absolute Gasteiger partial charge is 0.487 e. The fraction of sp³-hybridized carbons (Fsp3) is 0.476. The van der Waals surface area contributed by atoms with Crippen molar-refractivity contribution < 1.29 is 22.3 Å². The van der Waals surface area contributed by atoms with E-state index in [0.29, 0.717) is 5.15 Å². The van der Waals surface area contributed by atoms with Gasteiger partial charge in [-0.2, -0.15) is 23.4 Å². The van der Waals surface area contributed by atoms with Crippen LogP contribution in [-0.2, 0) is 11.0 Å². The number of rotatable bonds is 7.